The summed E-state index contributed by atoms with van der Waals surface area (Å²) in [5.41, 5.74) is 6.19. The molecule has 0 radical (unpaired) electrons. The lowest BCUT2D eigenvalue weighted by Gasteiger charge is -2.02. The van der Waals surface area contributed by atoms with Gasteiger partial charge in [0.2, 0.25) is 5.91 Å². The van der Waals surface area contributed by atoms with Gasteiger partial charge < -0.3 is 10.5 Å². The number of hydrogen-bond donors (Lipinski definition) is 1. The summed E-state index contributed by atoms with van der Waals surface area (Å²) in [4.78, 5) is 26.7. The highest BCUT2D eigenvalue weighted by Crippen LogP contribution is 2.21. The first kappa shape index (κ1) is 15.0. The molecule has 0 saturated heterocycles. The van der Waals surface area contributed by atoms with Gasteiger partial charge in [-0.25, -0.2) is 9.78 Å². The minimum Gasteiger partial charge on any atom is -0.451 e. The lowest BCUT2D eigenvalue weighted by atomic mass is 10.2. The van der Waals surface area contributed by atoms with Crippen molar-refractivity contribution in [3.8, 4) is 0 Å². The third-order valence-corrected chi connectivity index (χ3v) is 3.51. The second kappa shape index (κ2) is 6.89. The van der Waals surface area contributed by atoms with Crippen molar-refractivity contribution in [3.63, 3.8) is 0 Å². The van der Waals surface area contributed by atoms with Crippen LogP contribution in [0.15, 0.2) is 35.5 Å². The maximum absolute atomic E-state index is 11.7. The van der Waals surface area contributed by atoms with Gasteiger partial charge in [0.05, 0.1) is 13.5 Å². The van der Waals surface area contributed by atoms with Gasteiger partial charge in [0.1, 0.15) is 0 Å². The van der Waals surface area contributed by atoms with E-state index in [1.165, 1.54) is 18.9 Å². The number of hydrogen-bond acceptors (Lipinski definition) is 6. The van der Waals surface area contributed by atoms with E-state index >= 15 is 0 Å². The summed E-state index contributed by atoms with van der Waals surface area (Å²) in [5.74, 6) is 0.257. The molecule has 0 atom stereocenters. The number of rotatable bonds is 5. The number of thioether (sulfide) groups is 1. The number of amides is 1. The summed E-state index contributed by atoms with van der Waals surface area (Å²) in [7, 11) is 1.25. The van der Waals surface area contributed by atoms with Crippen LogP contribution in [-0.4, -0.2) is 33.9 Å². The second-order valence-corrected chi connectivity index (χ2v) is 5.05. The Kier molecular flexibility index (Phi) is 4.94. The number of methoxy groups -OCH3 is 1. The SMILES string of the molecule is COC(=O)n1nc(CC(N)=O)nc1SCc1ccccc1. The zero-order valence-corrected chi connectivity index (χ0v) is 12.2. The highest BCUT2D eigenvalue weighted by molar-refractivity contribution is 7.98. The second-order valence-electron chi connectivity index (χ2n) is 4.11. The number of aromatic nitrogens is 3. The summed E-state index contributed by atoms with van der Waals surface area (Å²) in [6, 6.07) is 9.72. The number of carbonyl (C=O) groups is 2. The number of benzene rings is 1. The van der Waals surface area contributed by atoms with Crippen molar-refractivity contribution in [1.82, 2.24) is 14.8 Å². The molecule has 0 saturated carbocycles. The fourth-order valence-corrected chi connectivity index (χ4v) is 2.49. The van der Waals surface area contributed by atoms with Crippen LogP contribution >= 0.6 is 11.8 Å². The Balaban J connectivity index is 2.17. The van der Waals surface area contributed by atoms with Gasteiger partial charge >= 0.3 is 6.09 Å². The van der Waals surface area contributed by atoms with Crippen molar-refractivity contribution in [1.29, 1.82) is 0 Å². The van der Waals surface area contributed by atoms with E-state index in [0.29, 0.717) is 10.9 Å². The molecule has 7 nitrogen and oxygen atoms in total. The largest absolute Gasteiger partial charge is 0.451 e. The molecule has 21 heavy (non-hydrogen) atoms. The molecule has 2 rings (SSSR count). The molecule has 0 fully saturated rings. The topological polar surface area (TPSA) is 100 Å². The normalized spacial score (nSPS) is 10.3. The standard InChI is InChI=1S/C13H14N4O3S/c1-20-13(19)17-12(15-11(16-17)7-10(14)18)21-8-9-5-3-2-4-6-9/h2-6H,7-8H2,1H3,(H2,14,18). The van der Waals surface area contributed by atoms with Gasteiger partial charge in [0.15, 0.2) is 11.0 Å². The summed E-state index contributed by atoms with van der Waals surface area (Å²) in [5, 5.41) is 4.31. The minimum absolute atomic E-state index is 0.122. The molecule has 0 spiro atoms. The smallest absolute Gasteiger partial charge is 0.436 e. The predicted molar refractivity (Wildman–Crippen MR) is 76.7 cm³/mol. The van der Waals surface area contributed by atoms with Gasteiger partial charge in [-0.3, -0.25) is 4.79 Å². The molecule has 0 aliphatic heterocycles. The Labute approximate surface area is 125 Å². The van der Waals surface area contributed by atoms with Crippen LogP contribution in [0.3, 0.4) is 0 Å². The molecule has 8 heteroatoms. The van der Waals surface area contributed by atoms with Crippen molar-refractivity contribution in [2.45, 2.75) is 17.3 Å². The molecule has 110 valence electrons. The van der Waals surface area contributed by atoms with E-state index in [9.17, 15) is 9.59 Å². The molecule has 1 aromatic carbocycles. The number of nitrogens with two attached hydrogens (primary N) is 1. The third kappa shape index (κ3) is 4.06. The molecule has 0 aliphatic rings. The first-order chi connectivity index (χ1) is 10.1. The van der Waals surface area contributed by atoms with Crippen LogP contribution in [0.25, 0.3) is 0 Å². The van der Waals surface area contributed by atoms with E-state index in [1.54, 1.807) is 0 Å². The van der Waals surface area contributed by atoms with E-state index in [4.69, 9.17) is 5.73 Å². The molecule has 1 heterocycles. The predicted octanol–water partition coefficient (Wildman–Crippen LogP) is 1.21. The molecular formula is C13H14N4O3S. The monoisotopic (exact) mass is 306 g/mol. The first-order valence-electron chi connectivity index (χ1n) is 6.09. The van der Waals surface area contributed by atoms with Gasteiger partial charge in [-0.05, 0) is 5.56 Å². The Morgan fingerprint density at radius 2 is 2.05 bits per heavy atom. The summed E-state index contributed by atoms with van der Waals surface area (Å²) in [6.07, 6.45) is -0.781. The lowest BCUT2D eigenvalue weighted by Crippen LogP contribution is -2.16. The Bertz CT molecular complexity index is 642. The average Bonchev–Trinajstić information content (AvgIpc) is 2.87. The van der Waals surface area contributed by atoms with Crippen molar-refractivity contribution in [3.05, 3.63) is 41.7 Å². The van der Waals surface area contributed by atoms with Crippen LogP contribution in [-0.2, 0) is 21.7 Å². The van der Waals surface area contributed by atoms with Crippen LogP contribution in [0.5, 0.6) is 0 Å². The van der Waals surface area contributed by atoms with Crippen molar-refractivity contribution >= 4 is 23.8 Å². The van der Waals surface area contributed by atoms with Crippen LogP contribution in [0.2, 0.25) is 0 Å². The number of primary amides is 1. The van der Waals surface area contributed by atoms with Crippen molar-refractivity contribution in [2.75, 3.05) is 7.11 Å². The van der Waals surface area contributed by atoms with Gasteiger partial charge in [0.25, 0.3) is 0 Å². The molecule has 2 aromatic rings. The number of ether oxygens (including phenoxy) is 1. The molecule has 1 amide bonds. The fraction of sp³-hybridized carbons (Fsp3) is 0.231. The highest BCUT2D eigenvalue weighted by Gasteiger charge is 2.18. The summed E-state index contributed by atoms with van der Waals surface area (Å²) in [6.45, 7) is 0. The van der Waals surface area contributed by atoms with Gasteiger partial charge in [-0.2, -0.15) is 0 Å². The molecule has 2 N–H and O–H groups in total. The van der Waals surface area contributed by atoms with E-state index in [-0.39, 0.29) is 12.2 Å². The van der Waals surface area contributed by atoms with E-state index in [2.05, 4.69) is 14.8 Å². The van der Waals surface area contributed by atoms with E-state index in [1.807, 2.05) is 30.3 Å². The Morgan fingerprint density at radius 3 is 2.67 bits per heavy atom. The molecule has 0 aliphatic carbocycles. The fourth-order valence-electron chi connectivity index (χ4n) is 1.59. The molecule has 1 aromatic heterocycles. The van der Waals surface area contributed by atoms with Gasteiger partial charge in [-0.1, -0.05) is 42.1 Å². The minimum atomic E-state index is -0.659. The number of carbonyl (C=O) groups excluding carboxylic acids is 2. The molecule has 0 bridgehead atoms. The van der Waals surface area contributed by atoms with Gasteiger partial charge in [-0.15, -0.1) is 9.78 Å². The van der Waals surface area contributed by atoms with Crippen molar-refractivity contribution < 1.29 is 14.3 Å². The van der Waals surface area contributed by atoms with E-state index < -0.39 is 12.0 Å². The van der Waals surface area contributed by atoms with E-state index in [0.717, 1.165) is 10.2 Å². The first-order valence-corrected chi connectivity index (χ1v) is 7.08. The molecule has 0 unspecified atom stereocenters. The average molecular weight is 306 g/mol. The third-order valence-electron chi connectivity index (χ3n) is 2.51. The van der Waals surface area contributed by atoms with Crippen LogP contribution in [0.4, 0.5) is 4.79 Å². The van der Waals surface area contributed by atoms with Crippen LogP contribution in [0, 0.1) is 0 Å². The Morgan fingerprint density at radius 1 is 1.33 bits per heavy atom. The number of nitrogens with zero attached hydrogens (tertiary/aromatic N) is 3. The lowest BCUT2D eigenvalue weighted by molar-refractivity contribution is -0.117. The summed E-state index contributed by atoms with van der Waals surface area (Å²) < 4.78 is 5.67. The van der Waals surface area contributed by atoms with Gasteiger partial charge in [0, 0.05) is 5.75 Å². The maximum Gasteiger partial charge on any atom is 0.436 e. The highest BCUT2D eigenvalue weighted by atomic mass is 32.2. The maximum atomic E-state index is 11.7. The van der Waals surface area contributed by atoms with Crippen molar-refractivity contribution in [2.24, 2.45) is 5.73 Å². The van der Waals surface area contributed by atoms with Crippen LogP contribution < -0.4 is 5.73 Å². The van der Waals surface area contributed by atoms with Crippen LogP contribution in [0.1, 0.15) is 11.4 Å². The zero-order chi connectivity index (χ0) is 15.2. The quantitative estimate of drug-likeness (QED) is 0.833. The summed E-state index contributed by atoms with van der Waals surface area (Å²) >= 11 is 1.33. The Hall–Kier alpha value is -2.35. The molecular weight excluding hydrogens is 292 g/mol. The zero-order valence-electron chi connectivity index (χ0n) is 11.4.